The number of aryl methyl sites for hydroxylation is 1. The van der Waals surface area contributed by atoms with Crippen molar-refractivity contribution in [3.63, 3.8) is 0 Å². The van der Waals surface area contributed by atoms with Crippen molar-refractivity contribution >= 4 is 45.8 Å². The Morgan fingerprint density at radius 1 is 1.03 bits per heavy atom. The maximum atomic E-state index is 14.3. The highest BCUT2D eigenvalue weighted by Crippen LogP contribution is 2.36. The van der Waals surface area contributed by atoms with Crippen LogP contribution in [-0.2, 0) is 21.4 Å². The van der Waals surface area contributed by atoms with E-state index in [0.29, 0.717) is 43.3 Å². The van der Waals surface area contributed by atoms with Crippen LogP contribution in [0.15, 0.2) is 42.9 Å². The van der Waals surface area contributed by atoms with E-state index in [-0.39, 0.29) is 46.9 Å². The Hall–Kier alpha value is -5.77. The second kappa shape index (κ2) is 18.5. The number of alkyl halides is 2. The number of aliphatic hydroxyl groups excluding tert-OH is 1. The first kappa shape index (κ1) is 42.5. The Morgan fingerprint density at radius 3 is 2.62 bits per heavy atom. The molecular weight excluding hydrogens is 813 g/mol. The molecule has 0 radical (unpaired) electrons. The van der Waals surface area contributed by atoms with E-state index in [1.165, 1.54) is 16.9 Å². The Kier molecular flexibility index (Phi) is 12.5. The smallest absolute Gasteiger partial charge is 0.284 e. The van der Waals surface area contributed by atoms with E-state index in [0.717, 1.165) is 93.9 Å². The number of aromatic nitrogens is 7. The van der Waals surface area contributed by atoms with Crippen molar-refractivity contribution < 1.29 is 33.0 Å². The maximum absolute atomic E-state index is 14.3. The number of halogens is 2. The Labute approximate surface area is 363 Å². The Bertz CT molecular complexity index is 2540. The number of anilines is 2. The number of imide groups is 1. The Balaban J connectivity index is 0.740. The number of nitrogens with zero attached hydrogens (tertiary/aromatic N) is 8. The zero-order valence-electron chi connectivity index (χ0n) is 35.3. The first-order chi connectivity index (χ1) is 30.6. The molecule has 2 saturated carbocycles. The highest BCUT2D eigenvalue weighted by atomic mass is 19.3. The van der Waals surface area contributed by atoms with Gasteiger partial charge in [-0.25, -0.2) is 18.3 Å². The van der Waals surface area contributed by atoms with Gasteiger partial charge in [-0.3, -0.25) is 29.1 Å². The normalized spacial score (nSPS) is 23.8. The van der Waals surface area contributed by atoms with E-state index in [9.17, 15) is 28.3 Å². The Morgan fingerprint density at radius 2 is 1.84 bits per heavy atom. The molecule has 16 nitrogen and oxygen atoms in total. The van der Waals surface area contributed by atoms with Crippen LogP contribution in [0.1, 0.15) is 123 Å². The zero-order valence-corrected chi connectivity index (χ0v) is 35.3. The summed E-state index contributed by atoms with van der Waals surface area (Å²) in [6, 6.07) is 7.32. The molecule has 9 rings (SSSR count). The van der Waals surface area contributed by atoms with Crippen LogP contribution in [0.5, 0.6) is 0 Å². The molecular formula is C45H53F2N11O5. The van der Waals surface area contributed by atoms with Crippen LogP contribution >= 0.6 is 0 Å². The molecule has 2 aliphatic heterocycles. The number of rotatable bonds is 11. The van der Waals surface area contributed by atoms with Gasteiger partial charge in [-0.15, -0.1) is 0 Å². The van der Waals surface area contributed by atoms with E-state index in [4.69, 9.17) is 4.74 Å². The fraction of sp³-hybridized carbons (Fsp3) is 0.533. The molecule has 2 aliphatic carbocycles. The largest absolute Gasteiger partial charge is 0.391 e. The van der Waals surface area contributed by atoms with Crippen LogP contribution in [0.2, 0.25) is 0 Å². The van der Waals surface area contributed by atoms with Crippen LogP contribution in [0.25, 0.3) is 16.6 Å². The van der Waals surface area contributed by atoms with Gasteiger partial charge in [0.15, 0.2) is 11.3 Å². The van der Waals surface area contributed by atoms with Crippen LogP contribution in [0, 0.1) is 17.8 Å². The number of piperidine rings is 2. The van der Waals surface area contributed by atoms with Gasteiger partial charge in [0.25, 0.3) is 12.3 Å². The van der Waals surface area contributed by atoms with Crippen molar-refractivity contribution in [3.05, 3.63) is 65.4 Å². The summed E-state index contributed by atoms with van der Waals surface area (Å²) < 4.78 is 39.6. The fourth-order valence-corrected chi connectivity index (χ4v) is 9.80. The zero-order chi connectivity index (χ0) is 43.6. The number of carbonyl (C=O) groups is 3. The van der Waals surface area contributed by atoms with Crippen LogP contribution < -0.4 is 16.0 Å². The van der Waals surface area contributed by atoms with Gasteiger partial charge in [0.1, 0.15) is 18.0 Å². The third-order valence-electron chi connectivity index (χ3n) is 13.2. The summed E-state index contributed by atoms with van der Waals surface area (Å²) in [5.74, 6) is 5.76. The predicted molar refractivity (Wildman–Crippen MR) is 229 cm³/mol. The molecule has 63 heavy (non-hydrogen) atoms. The summed E-state index contributed by atoms with van der Waals surface area (Å²) in [6.45, 7) is 3.14. The number of hydrogen-bond acceptors (Lipinski definition) is 11. The van der Waals surface area contributed by atoms with Gasteiger partial charge in [0.05, 0.1) is 58.9 Å². The van der Waals surface area contributed by atoms with Crippen LogP contribution in [-0.4, -0.2) is 106 Å². The second-order valence-corrected chi connectivity index (χ2v) is 17.4. The number of fused-ring (bicyclic) bond motifs is 2. The molecule has 5 aromatic rings. The van der Waals surface area contributed by atoms with Crippen LogP contribution in [0.4, 0.5) is 20.3 Å². The molecule has 4 aliphatic rings. The van der Waals surface area contributed by atoms with E-state index in [1.807, 2.05) is 25.2 Å². The molecule has 3 amide bonds. The predicted octanol–water partition coefficient (Wildman–Crippen LogP) is 5.50. The minimum atomic E-state index is -2.87. The van der Waals surface area contributed by atoms with E-state index in [2.05, 4.69) is 53.0 Å². The minimum absolute atomic E-state index is 0.0291. The first-order valence-corrected chi connectivity index (χ1v) is 22.2. The molecule has 0 bridgehead atoms. The summed E-state index contributed by atoms with van der Waals surface area (Å²) >= 11 is 0. The lowest BCUT2D eigenvalue weighted by molar-refractivity contribution is -0.134. The number of para-hydroxylation sites is 1. The average molecular weight is 866 g/mol. The van der Waals surface area contributed by atoms with E-state index >= 15 is 0 Å². The molecule has 4 N–H and O–H groups in total. The number of ether oxygens (including phenoxy) is 1. The summed E-state index contributed by atoms with van der Waals surface area (Å²) in [5.41, 5.74) is 2.23. The standard InChI is InChI=1S/C45H53F2N11O5/c1-55-41-28(6-4-8-31(41)39(53-55)32-15-16-38(60)52-44(32)61)7-5-23-63-30-17-20-56(21-18-30)25-27-11-13-29(14-12-27)58-26-35(40(54-58)42(46)47)50-45(62)33-24-48-57-22-19-37(51-43(33)57)49-34-9-2-3-10-36(34)59/h4,6,8,19,22,24,26-27,29-30,32,34,36,42,59H,2-3,9-18,20-21,23,25H2,1H3,(H,49,51)(H,50,62)(H,52,60,61)/t27?,29?,32?,34-,36+/m1/s1. The maximum Gasteiger partial charge on any atom is 0.284 e. The van der Waals surface area contributed by atoms with Gasteiger partial charge >= 0.3 is 0 Å². The van der Waals surface area contributed by atoms with Crippen molar-refractivity contribution in [3.8, 4) is 11.8 Å². The lowest BCUT2D eigenvalue weighted by Crippen LogP contribution is -2.40. The van der Waals surface area contributed by atoms with Crippen molar-refractivity contribution in [2.24, 2.45) is 13.0 Å². The fourth-order valence-electron chi connectivity index (χ4n) is 9.80. The van der Waals surface area contributed by atoms with E-state index in [1.54, 1.807) is 21.6 Å². The van der Waals surface area contributed by atoms with Crippen LogP contribution in [0.3, 0.4) is 0 Å². The number of carbonyl (C=O) groups excluding carboxylic acids is 3. The molecule has 4 aromatic heterocycles. The molecule has 0 spiro atoms. The third-order valence-corrected chi connectivity index (χ3v) is 13.2. The molecule has 1 aromatic carbocycles. The number of benzene rings is 1. The number of aliphatic hydroxyl groups is 1. The molecule has 332 valence electrons. The van der Waals surface area contributed by atoms with Crippen molar-refractivity contribution in [2.75, 3.05) is 36.9 Å². The molecule has 18 heteroatoms. The van der Waals surface area contributed by atoms with Gasteiger partial charge in [-0.1, -0.05) is 36.8 Å². The van der Waals surface area contributed by atoms with Gasteiger partial charge < -0.3 is 25.4 Å². The molecule has 6 heterocycles. The molecule has 2 saturated heterocycles. The van der Waals surface area contributed by atoms with Gasteiger partial charge in [0.2, 0.25) is 11.8 Å². The molecule has 3 atom stereocenters. The first-order valence-electron chi connectivity index (χ1n) is 22.2. The molecule has 1 unspecified atom stereocenters. The lowest BCUT2D eigenvalue weighted by atomic mass is 9.85. The topological polar surface area (TPSA) is 186 Å². The number of hydrogen-bond donors (Lipinski definition) is 4. The van der Waals surface area contributed by atoms with Gasteiger partial charge in [-0.2, -0.15) is 15.3 Å². The van der Waals surface area contributed by atoms with Gasteiger partial charge in [-0.05, 0) is 75.8 Å². The number of likely N-dealkylation sites (tertiary alicyclic amines) is 1. The summed E-state index contributed by atoms with van der Waals surface area (Å²) in [5, 5.41) is 32.8. The molecule has 4 fully saturated rings. The monoisotopic (exact) mass is 865 g/mol. The van der Waals surface area contributed by atoms with E-state index < -0.39 is 30.0 Å². The number of nitrogens with one attached hydrogen (secondary N) is 3. The highest BCUT2D eigenvalue weighted by molar-refractivity contribution is 6.08. The minimum Gasteiger partial charge on any atom is -0.391 e. The summed E-state index contributed by atoms with van der Waals surface area (Å²) in [7, 11) is 1.84. The second-order valence-electron chi connectivity index (χ2n) is 17.4. The van der Waals surface area contributed by atoms with Gasteiger partial charge in [0, 0.05) is 50.9 Å². The average Bonchev–Trinajstić information content (AvgIpc) is 4.00. The summed E-state index contributed by atoms with van der Waals surface area (Å²) in [4.78, 5) is 44.8. The van der Waals surface area contributed by atoms with Crippen molar-refractivity contribution in [2.45, 2.75) is 114 Å². The summed E-state index contributed by atoms with van der Waals surface area (Å²) in [6.07, 6.45) is 10.9. The lowest BCUT2D eigenvalue weighted by Gasteiger charge is -2.36. The van der Waals surface area contributed by atoms with Crippen molar-refractivity contribution in [1.82, 2.24) is 44.4 Å². The highest BCUT2D eigenvalue weighted by Gasteiger charge is 2.33. The quantitative estimate of drug-likeness (QED) is 0.0971. The number of amides is 3. The SMILES string of the molecule is Cn1nc(C2CCC(=O)NC2=O)c2cccc(C#CCOC3CCN(CC4CCC(n5cc(NC(=O)c6cnn7ccc(N[C@@H]8CCCC[C@@H]8O)nc67)c(C(F)F)n5)CC4)CC3)c21. The van der Waals surface area contributed by atoms with Crippen molar-refractivity contribution in [1.29, 1.82) is 0 Å². The third kappa shape index (κ3) is 9.32.